The number of primary amides is 1. The molecule has 5 N–H and O–H groups in total. The monoisotopic (exact) mass is 203 g/mol. The average molecular weight is 203 g/mol. The van der Waals surface area contributed by atoms with Crippen molar-refractivity contribution in [3.05, 3.63) is 41.0 Å². The highest BCUT2D eigenvalue weighted by atomic mass is 16.1. The molecule has 78 valence electrons. The Morgan fingerprint density at radius 1 is 1.53 bits per heavy atom. The van der Waals surface area contributed by atoms with Gasteiger partial charge >= 0.3 is 0 Å². The summed E-state index contributed by atoms with van der Waals surface area (Å²) in [6.07, 6.45) is 5.34. The summed E-state index contributed by atoms with van der Waals surface area (Å²) in [5.74, 6) is -0.412. The van der Waals surface area contributed by atoms with Crippen LogP contribution < -0.4 is 11.5 Å². The first-order valence-electron chi connectivity index (χ1n) is 5.10. The Kier molecular flexibility index (Phi) is 2.56. The van der Waals surface area contributed by atoms with Gasteiger partial charge in [0.15, 0.2) is 0 Å². The second kappa shape index (κ2) is 3.87. The molecular weight excluding hydrogens is 188 g/mol. The SMILES string of the molecule is NC(=O)/C=C/c1ccc2c(c1)CCC2[NH3+]. The van der Waals surface area contributed by atoms with E-state index in [1.54, 1.807) is 6.08 Å². The van der Waals surface area contributed by atoms with Crippen LogP contribution in [-0.2, 0) is 11.2 Å². The molecular formula is C12H15N2O+. The highest BCUT2D eigenvalue weighted by molar-refractivity contribution is 5.90. The molecule has 3 nitrogen and oxygen atoms in total. The van der Waals surface area contributed by atoms with Crippen LogP contribution in [0.15, 0.2) is 24.3 Å². The Morgan fingerprint density at radius 3 is 3.07 bits per heavy atom. The molecule has 1 aromatic rings. The van der Waals surface area contributed by atoms with E-state index in [-0.39, 0.29) is 0 Å². The van der Waals surface area contributed by atoms with E-state index in [0.29, 0.717) is 6.04 Å². The van der Waals surface area contributed by atoms with Crippen molar-refractivity contribution in [1.29, 1.82) is 0 Å². The number of amides is 1. The van der Waals surface area contributed by atoms with Crippen LogP contribution in [-0.4, -0.2) is 5.91 Å². The maximum absolute atomic E-state index is 10.6. The van der Waals surface area contributed by atoms with Gasteiger partial charge in [-0.1, -0.05) is 18.2 Å². The summed E-state index contributed by atoms with van der Waals surface area (Å²) in [5, 5.41) is 0. The van der Waals surface area contributed by atoms with Crippen molar-refractivity contribution in [2.75, 3.05) is 0 Å². The van der Waals surface area contributed by atoms with E-state index in [9.17, 15) is 4.79 Å². The molecule has 0 fully saturated rings. The quantitative estimate of drug-likeness (QED) is 0.672. The number of hydrogen-bond donors (Lipinski definition) is 2. The predicted molar refractivity (Wildman–Crippen MR) is 58.6 cm³/mol. The molecule has 0 aromatic heterocycles. The Bertz CT molecular complexity index is 424. The lowest BCUT2D eigenvalue weighted by Crippen LogP contribution is -2.52. The van der Waals surface area contributed by atoms with Gasteiger partial charge in [0.2, 0.25) is 5.91 Å². The van der Waals surface area contributed by atoms with Crippen molar-refractivity contribution in [2.24, 2.45) is 5.73 Å². The van der Waals surface area contributed by atoms with Gasteiger partial charge in [-0.25, -0.2) is 0 Å². The summed E-state index contributed by atoms with van der Waals surface area (Å²) in [6, 6.07) is 6.64. The number of nitrogens with two attached hydrogens (primary N) is 1. The molecule has 0 saturated heterocycles. The first-order valence-corrected chi connectivity index (χ1v) is 5.10. The molecule has 1 unspecified atom stereocenters. The van der Waals surface area contributed by atoms with Gasteiger partial charge < -0.3 is 11.5 Å². The summed E-state index contributed by atoms with van der Waals surface area (Å²) < 4.78 is 0. The van der Waals surface area contributed by atoms with E-state index < -0.39 is 5.91 Å². The van der Waals surface area contributed by atoms with Crippen molar-refractivity contribution in [3.8, 4) is 0 Å². The minimum absolute atomic E-state index is 0.412. The van der Waals surface area contributed by atoms with E-state index >= 15 is 0 Å². The molecule has 0 radical (unpaired) electrons. The number of aryl methyl sites for hydroxylation is 1. The van der Waals surface area contributed by atoms with Crippen LogP contribution in [0.4, 0.5) is 0 Å². The standard InChI is InChI=1S/C12H14N2O/c13-11-5-3-9-7-8(1-4-10(9)11)2-6-12(14)15/h1-2,4,6-7,11H,3,5,13H2,(H2,14,15)/p+1/b6-2+. The van der Waals surface area contributed by atoms with E-state index in [2.05, 4.69) is 17.9 Å². The van der Waals surface area contributed by atoms with Crippen LogP contribution in [0.5, 0.6) is 0 Å². The van der Waals surface area contributed by atoms with Crippen LogP contribution in [0.3, 0.4) is 0 Å². The molecule has 2 rings (SSSR count). The second-order valence-electron chi connectivity index (χ2n) is 3.93. The summed E-state index contributed by atoms with van der Waals surface area (Å²) in [7, 11) is 0. The molecule has 15 heavy (non-hydrogen) atoms. The van der Waals surface area contributed by atoms with Crippen LogP contribution >= 0.6 is 0 Å². The van der Waals surface area contributed by atoms with Gasteiger partial charge in [-0.3, -0.25) is 4.79 Å². The molecule has 1 atom stereocenters. The number of carbonyl (C=O) groups is 1. The van der Waals surface area contributed by atoms with Crippen molar-refractivity contribution < 1.29 is 10.5 Å². The fourth-order valence-corrected chi connectivity index (χ4v) is 2.01. The number of hydrogen-bond acceptors (Lipinski definition) is 1. The zero-order chi connectivity index (χ0) is 10.8. The molecule has 0 spiro atoms. The maximum atomic E-state index is 10.6. The molecule has 1 aliphatic carbocycles. The molecule has 3 heteroatoms. The van der Waals surface area contributed by atoms with Crippen molar-refractivity contribution in [1.82, 2.24) is 0 Å². The highest BCUT2D eigenvalue weighted by Crippen LogP contribution is 2.28. The number of carbonyl (C=O) groups excluding carboxylic acids is 1. The van der Waals surface area contributed by atoms with E-state index in [1.807, 2.05) is 6.07 Å². The first kappa shape index (κ1) is 9.93. The van der Waals surface area contributed by atoms with Crippen molar-refractivity contribution in [2.45, 2.75) is 18.9 Å². The maximum Gasteiger partial charge on any atom is 0.241 e. The first-order chi connectivity index (χ1) is 7.16. The average Bonchev–Trinajstić information content (AvgIpc) is 2.57. The van der Waals surface area contributed by atoms with Gasteiger partial charge in [0.1, 0.15) is 6.04 Å². The van der Waals surface area contributed by atoms with Gasteiger partial charge in [0.05, 0.1) is 0 Å². The molecule has 0 heterocycles. The Hall–Kier alpha value is -1.61. The zero-order valence-corrected chi connectivity index (χ0v) is 8.57. The largest absolute Gasteiger partial charge is 0.366 e. The smallest absolute Gasteiger partial charge is 0.241 e. The lowest BCUT2D eigenvalue weighted by atomic mass is 10.0. The molecule has 1 aliphatic rings. The molecule has 0 aliphatic heterocycles. The zero-order valence-electron chi connectivity index (χ0n) is 8.57. The van der Waals surface area contributed by atoms with Crippen molar-refractivity contribution >= 4 is 12.0 Å². The molecule has 0 bridgehead atoms. The predicted octanol–water partition coefficient (Wildman–Crippen LogP) is 0.414. The number of quaternary nitrogens is 1. The number of fused-ring (bicyclic) bond motifs is 1. The summed E-state index contributed by atoms with van der Waals surface area (Å²) in [4.78, 5) is 10.6. The Balaban J connectivity index is 2.27. The minimum atomic E-state index is -0.412. The summed E-state index contributed by atoms with van der Waals surface area (Å²) >= 11 is 0. The van der Waals surface area contributed by atoms with Gasteiger partial charge in [-0.05, 0) is 23.6 Å². The highest BCUT2D eigenvalue weighted by Gasteiger charge is 2.21. The van der Waals surface area contributed by atoms with Crippen LogP contribution in [0.2, 0.25) is 0 Å². The third-order valence-electron chi connectivity index (χ3n) is 2.81. The van der Waals surface area contributed by atoms with E-state index in [1.165, 1.54) is 17.2 Å². The lowest BCUT2D eigenvalue weighted by molar-refractivity contribution is -0.425. The third kappa shape index (κ3) is 2.07. The fraction of sp³-hybridized carbons (Fsp3) is 0.250. The van der Waals surface area contributed by atoms with Crippen LogP contribution in [0, 0.1) is 0 Å². The normalized spacial score (nSPS) is 19.4. The Morgan fingerprint density at radius 2 is 2.33 bits per heavy atom. The van der Waals surface area contributed by atoms with Gasteiger partial charge in [-0.2, -0.15) is 0 Å². The Labute approximate surface area is 88.8 Å². The van der Waals surface area contributed by atoms with Gasteiger partial charge in [0.25, 0.3) is 0 Å². The number of rotatable bonds is 2. The van der Waals surface area contributed by atoms with Crippen LogP contribution in [0.1, 0.15) is 29.2 Å². The van der Waals surface area contributed by atoms with E-state index in [4.69, 9.17) is 5.73 Å². The summed E-state index contributed by atoms with van der Waals surface area (Å²) in [6.45, 7) is 0. The van der Waals surface area contributed by atoms with Gasteiger partial charge in [-0.15, -0.1) is 0 Å². The third-order valence-corrected chi connectivity index (χ3v) is 2.81. The van der Waals surface area contributed by atoms with Crippen LogP contribution in [0.25, 0.3) is 6.08 Å². The fourth-order valence-electron chi connectivity index (χ4n) is 2.01. The minimum Gasteiger partial charge on any atom is -0.366 e. The molecule has 1 amide bonds. The summed E-state index contributed by atoms with van der Waals surface area (Å²) in [5.41, 5.74) is 12.8. The number of benzene rings is 1. The topological polar surface area (TPSA) is 70.7 Å². The van der Waals surface area contributed by atoms with Gasteiger partial charge in [0, 0.05) is 18.1 Å². The second-order valence-corrected chi connectivity index (χ2v) is 3.93. The molecule has 1 aromatic carbocycles. The molecule has 0 saturated carbocycles. The lowest BCUT2D eigenvalue weighted by Gasteiger charge is -2.02. The van der Waals surface area contributed by atoms with Crippen molar-refractivity contribution in [3.63, 3.8) is 0 Å². The van der Waals surface area contributed by atoms with E-state index in [0.717, 1.165) is 18.4 Å².